The summed E-state index contributed by atoms with van der Waals surface area (Å²) in [5.41, 5.74) is 1.14. The van der Waals surface area contributed by atoms with Crippen LogP contribution >= 0.6 is 15.9 Å². The Hall–Kier alpha value is -1.09. The summed E-state index contributed by atoms with van der Waals surface area (Å²) in [6, 6.07) is 8.12. The Balaban J connectivity index is 2.99. The van der Waals surface area contributed by atoms with Crippen molar-refractivity contribution >= 4 is 21.8 Å². The lowest BCUT2D eigenvalue weighted by Crippen LogP contribution is -2.33. The molecule has 0 aromatic heterocycles. The van der Waals surface area contributed by atoms with E-state index < -0.39 is 0 Å². The van der Waals surface area contributed by atoms with Crippen LogP contribution in [0.15, 0.2) is 40.9 Å². The molecule has 0 heterocycles. The average molecular weight is 310 g/mol. The van der Waals surface area contributed by atoms with Crippen molar-refractivity contribution in [3.8, 4) is 0 Å². The molecule has 98 valence electrons. The predicted octanol–water partition coefficient (Wildman–Crippen LogP) is 4.32. The molecule has 0 saturated heterocycles. The van der Waals surface area contributed by atoms with E-state index in [1.807, 2.05) is 30.0 Å². The highest BCUT2D eigenvalue weighted by atomic mass is 79.9. The second-order valence-electron chi connectivity index (χ2n) is 4.23. The van der Waals surface area contributed by atoms with Gasteiger partial charge in [0.05, 0.1) is 6.04 Å². The maximum absolute atomic E-state index is 12.1. The number of nitrogens with zero attached hydrogens (tertiary/aromatic N) is 1. The van der Waals surface area contributed by atoms with E-state index in [1.54, 1.807) is 12.2 Å². The summed E-state index contributed by atoms with van der Waals surface area (Å²) in [7, 11) is 0. The molecule has 0 bridgehead atoms. The van der Waals surface area contributed by atoms with Gasteiger partial charge in [-0.2, -0.15) is 0 Å². The molecular weight excluding hydrogens is 290 g/mol. The van der Waals surface area contributed by atoms with Crippen LogP contribution in [0.3, 0.4) is 0 Å². The van der Waals surface area contributed by atoms with Crippen molar-refractivity contribution in [2.75, 3.05) is 6.54 Å². The Morgan fingerprint density at radius 2 is 2.11 bits per heavy atom. The zero-order valence-electron chi connectivity index (χ0n) is 11.2. The van der Waals surface area contributed by atoms with E-state index in [1.165, 1.54) is 0 Å². The van der Waals surface area contributed by atoms with Crippen LogP contribution in [0.5, 0.6) is 0 Å². The molecule has 0 aliphatic rings. The first-order valence-corrected chi connectivity index (χ1v) is 7.08. The predicted molar refractivity (Wildman–Crippen MR) is 79.4 cm³/mol. The fourth-order valence-corrected chi connectivity index (χ4v) is 2.57. The van der Waals surface area contributed by atoms with Crippen LogP contribution < -0.4 is 0 Å². The minimum Gasteiger partial charge on any atom is -0.332 e. The lowest BCUT2D eigenvalue weighted by Gasteiger charge is -2.29. The zero-order chi connectivity index (χ0) is 13.5. The smallest absolute Gasteiger partial charge is 0.246 e. The lowest BCUT2D eigenvalue weighted by atomic mass is 10.1. The highest BCUT2D eigenvalue weighted by Crippen LogP contribution is 2.27. The number of halogens is 1. The molecule has 0 aliphatic heterocycles. The van der Waals surface area contributed by atoms with E-state index in [0.717, 1.165) is 23.0 Å². The van der Waals surface area contributed by atoms with Crippen molar-refractivity contribution in [2.24, 2.45) is 0 Å². The summed E-state index contributed by atoms with van der Waals surface area (Å²) in [6.07, 6.45) is 4.37. The summed E-state index contributed by atoms with van der Waals surface area (Å²) in [5.74, 6) is 0.0719. The molecule has 0 spiro atoms. The van der Waals surface area contributed by atoms with Gasteiger partial charge in [0.25, 0.3) is 0 Å². The quantitative estimate of drug-likeness (QED) is 0.742. The zero-order valence-corrected chi connectivity index (χ0v) is 12.8. The number of rotatable bonds is 5. The minimum absolute atomic E-state index is 0.0719. The SMILES string of the molecule is CC=CC(=O)N(CCC)C(C)c1ccccc1Br. The monoisotopic (exact) mass is 309 g/mol. The summed E-state index contributed by atoms with van der Waals surface area (Å²) >= 11 is 3.55. The van der Waals surface area contributed by atoms with Crippen LogP contribution in [0.1, 0.15) is 38.8 Å². The average Bonchev–Trinajstić information content (AvgIpc) is 2.36. The number of carbonyl (C=O) groups excluding carboxylic acids is 1. The van der Waals surface area contributed by atoms with Gasteiger partial charge in [0.15, 0.2) is 0 Å². The molecule has 1 atom stereocenters. The number of carbonyl (C=O) groups is 1. The third kappa shape index (κ3) is 3.70. The second kappa shape index (κ2) is 7.37. The van der Waals surface area contributed by atoms with Gasteiger partial charge in [0.2, 0.25) is 5.91 Å². The van der Waals surface area contributed by atoms with E-state index >= 15 is 0 Å². The van der Waals surface area contributed by atoms with Gasteiger partial charge in [-0.15, -0.1) is 0 Å². The van der Waals surface area contributed by atoms with Crippen LogP contribution in [0.2, 0.25) is 0 Å². The second-order valence-corrected chi connectivity index (χ2v) is 5.08. The number of allylic oxidation sites excluding steroid dienone is 1. The topological polar surface area (TPSA) is 20.3 Å². The van der Waals surface area contributed by atoms with Crippen molar-refractivity contribution in [3.63, 3.8) is 0 Å². The number of amides is 1. The summed E-state index contributed by atoms with van der Waals surface area (Å²) in [5, 5.41) is 0. The molecule has 0 fully saturated rings. The third-order valence-electron chi connectivity index (χ3n) is 2.88. The van der Waals surface area contributed by atoms with Crippen molar-refractivity contribution in [2.45, 2.75) is 33.2 Å². The highest BCUT2D eigenvalue weighted by molar-refractivity contribution is 9.10. The van der Waals surface area contributed by atoms with Crippen LogP contribution in [-0.2, 0) is 4.79 Å². The molecule has 0 aliphatic carbocycles. The molecule has 1 unspecified atom stereocenters. The molecule has 1 rings (SSSR count). The van der Waals surface area contributed by atoms with Crippen molar-refractivity contribution in [1.29, 1.82) is 0 Å². The largest absolute Gasteiger partial charge is 0.332 e. The van der Waals surface area contributed by atoms with E-state index in [-0.39, 0.29) is 11.9 Å². The molecule has 1 aromatic rings. The molecule has 0 radical (unpaired) electrons. The summed E-state index contributed by atoms with van der Waals surface area (Å²) in [4.78, 5) is 14.0. The van der Waals surface area contributed by atoms with E-state index in [0.29, 0.717) is 0 Å². The molecule has 0 saturated carbocycles. The summed E-state index contributed by atoms with van der Waals surface area (Å²) in [6.45, 7) is 6.79. The number of benzene rings is 1. The van der Waals surface area contributed by atoms with Gasteiger partial charge < -0.3 is 4.90 Å². The van der Waals surface area contributed by atoms with Gasteiger partial charge in [0.1, 0.15) is 0 Å². The van der Waals surface area contributed by atoms with Gasteiger partial charge in [-0.05, 0) is 38.0 Å². The van der Waals surface area contributed by atoms with Crippen molar-refractivity contribution < 1.29 is 4.79 Å². The normalized spacial score (nSPS) is 12.7. The van der Waals surface area contributed by atoms with Gasteiger partial charge in [-0.25, -0.2) is 0 Å². The Morgan fingerprint density at radius 1 is 1.44 bits per heavy atom. The molecule has 1 amide bonds. The maximum atomic E-state index is 12.1. The Morgan fingerprint density at radius 3 is 2.67 bits per heavy atom. The molecule has 2 nitrogen and oxygen atoms in total. The number of hydrogen-bond donors (Lipinski definition) is 0. The van der Waals surface area contributed by atoms with Gasteiger partial charge in [-0.3, -0.25) is 4.79 Å². The first-order chi connectivity index (χ1) is 8.61. The number of hydrogen-bond acceptors (Lipinski definition) is 1. The van der Waals surface area contributed by atoms with Crippen molar-refractivity contribution in [1.82, 2.24) is 4.90 Å². The van der Waals surface area contributed by atoms with E-state index in [2.05, 4.69) is 35.8 Å². The molecule has 1 aromatic carbocycles. The first kappa shape index (κ1) is 15.0. The highest BCUT2D eigenvalue weighted by Gasteiger charge is 2.20. The maximum Gasteiger partial charge on any atom is 0.246 e. The first-order valence-electron chi connectivity index (χ1n) is 6.29. The minimum atomic E-state index is 0.0719. The van der Waals surface area contributed by atoms with Crippen LogP contribution in [0, 0.1) is 0 Å². The van der Waals surface area contributed by atoms with Gasteiger partial charge >= 0.3 is 0 Å². The van der Waals surface area contributed by atoms with Crippen molar-refractivity contribution in [3.05, 3.63) is 46.5 Å². The Bertz CT molecular complexity index is 428. The fraction of sp³-hybridized carbons (Fsp3) is 0.400. The van der Waals surface area contributed by atoms with Crippen LogP contribution in [0.4, 0.5) is 0 Å². The lowest BCUT2D eigenvalue weighted by molar-refractivity contribution is -0.128. The van der Waals surface area contributed by atoms with E-state index in [9.17, 15) is 4.79 Å². The van der Waals surface area contributed by atoms with Gasteiger partial charge in [0, 0.05) is 11.0 Å². The van der Waals surface area contributed by atoms with Crippen LogP contribution in [-0.4, -0.2) is 17.4 Å². The Labute approximate surface area is 118 Å². The molecule has 0 N–H and O–H groups in total. The van der Waals surface area contributed by atoms with Crippen LogP contribution in [0.25, 0.3) is 0 Å². The third-order valence-corrected chi connectivity index (χ3v) is 3.60. The molecule has 18 heavy (non-hydrogen) atoms. The van der Waals surface area contributed by atoms with E-state index in [4.69, 9.17) is 0 Å². The molecule has 3 heteroatoms. The molecular formula is C15H20BrNO. The fourth-order valence-electron chi connectivity index (χ4n) is 1.96. The van der Waals surface area contributed by atoms with Gasteiger partial charge in [-0.1, -0.05) is 47.1 Å². The summed E-state index contributed by atoms with van der Waals surface area (Å²) < 4.78 is 1.05. The standard InChI is InChI=1S/C15H20BrNO/c1-4-8-15(18)17(11-5-2)12(3)13-9-6-7-10-14(13)16/h4,6-10,12H,5,11H2,1-3H3. The Kier molecular flexibility index (Phi) is 6.13.